The Kier molecular flexibility index (Phi) is 5.63. The van der Waals surface area contributed by atoms with E-state index in [1.807, 2.05) is 43.3 Å². The molecule has 0 saturated carbocycles. The van der Waals surface area contributed by atoms with Crippen molar-refractivity contribution in [3.05, 3.63) is 99.0 Å². The number of hydrogen-bond donors (Lipinski definition) is 1. The Morgan fingerprint density at radius 2 is 1.82 bits per heavy atom. The third kappa shape index (κ3) is 4.36. The molecule has 3 aromatic carbocycles. The smallest absolute Gasteiger partial charge is 0.255 e. The van der Waals surface area contributed by atoms with Crippen molar-refractivity contribution < 1.29 is 4.79 Å². The quantitative estimate of drug-likeness (QED) is 0.509. The second-order valence-corrected chi connectivity index (χ2v) is 8.61. The van der Waals surface area contributed by atoms with Gasteiger partial charge in [-0.05, 0) is 91.1 Å². The topological polar surface area (TPSA) is 29.1 Å². The van der Waals surface area contributed by atoms with Crippen molar-refractivity contribution in [3.8, 4) is 0 Å². The number of hydrogen-bond acceptors (Lipinski definition) is 1. The fourth-order valence-corrected chi connectivity index (χ4v) is 4.42. The summed E-state index contributed by atoms with van der Waals surface area (Å²) in [4.78, 5) is 12.5. The summed E-state index contributed by atoms with van der Waals surface area (Å²) < 4.78 is 1.16. The van der Waals surface area contributed by atoms with E-state index in [4.69, 9.17) is 0 Å². The van der Waals surface area contributed by atoms with Crippen LogP contribution in [0.4, 0.5) is 5.69 Å². The zero-order valence-corrected chi connectivity index (χ0v) is 17.6. The maximum atomic E-state index is 12.5. The van der Waals surface area contributed by atoms with Gasteiger partial charge in [-0.3, -0.25) is 4.79 Å². The number of carbonyl (C=O) groups excluding carboxylic acids is 1. The maximum Gasteiger partial charge on any atom is 0.255 e. The van der Waals surface area contributed by atoms with Crippen LogP contribution in [0.5, 0.6) is 0 Å². The first-order valence-electron chi connectivity index (χ1n) is 9.82. The SMILES string of the molecule is Cc1ccccc1NC(=O)c1ccc(CC2CCc3ccc(Br)cc3C2)cc1. The van der Waals surface area contributed by atoms with Gasteiger partial charge in [0.05, 0.1) is 0 Å². The Morgan fingerprint density at radius 1 is 1.04 bits per heavy atom. The number of benzene rings is 3. The Hall–Kier alpha value is -2.39. The van der Waals surface area contributed by atoms with E-state index in [2.05, 4.69) is 51.6 Å². The molecule has 0 heterocycles. The summed E-state index contributed by atoms with van der Waals surface area (Å²) in [7, 11) is 0. The molecule has 142 valence electrons. The molecule has 0 saturated heterocycles. The fraction of sp³-hybridized carbons (Fsp3) is 0.240. The molecule has 0 bridgehead atoms. The monoisotopic (exact) mass is 433 g/mol. The largest absolute Gasteiger partial charge is 0.322 e. The lowest BCUT2D eigenvalue weighted by Gasteiger charge is -2.25. The number of carbonyl (C=O) groups is 1. The molecule has 0 radical (unpaired) electrons. The van der Waals surface area contributed by atoms with Crippen molar-refractivity contribution in [1.29, 1.82) is 0 Å². The number of fused-ring (bicyclic) bond motifs is 1. The van der Waals surface area contributed by atoms with Crippen molar-refractivity contribution in [3.63, 3.8) is 0 Å². The zero-order chi connectivity index (χ0) is 19.5. The van der Waals surface area contributed by atoms with Crippen molar-refractivity contribution in [2.24, 2.45) is 5.92 Å². The van der Waals surface area contributed by atoms with Gasteiger partial charge in [0, 0.05) is 15.7 Å². The highest BCUT2D eigenvalue weighted by Crippen LogP contribution is 2.30. The normalized spacial score (nSPS) is 15.7. The van der Waals surface area contributed by atoms with Crippen LogP contribution in [0.2, 0.25) is 0 Å². The van der Waals surface area contributed by atoms with E-state index in [0.717, 1.165) is 35.0 Å². The first-order chi connectivity index (χ1) is 13.6. The number of rotatable bonds is 4. The lowest BCUT2D eigenvalue weighted by molar-refractivity contribution is 0.102. The molecule has 1 atom stereocenters. The second-order valence-electron chi connectivity index (χ2n) is 7.69. The van der Waals surface area contributed by atoms with Crippen LogP contribution in [0.1, 0.15) is 39.0 Å². The molecule has 0 spiro atoms. The van der Waals surface area contributed by atoms with Crippen LogP contribution in [-0.4, -0.2) is 5.91 Å². The highest BCUT2D eigenvalue weighted by molar-refractivity contribution is 9.10. The molecule has 4 rings (SSSR count). The Morgan fingerprint density at radius 3 is 2.61 bits per heavy atom. The van der Waals surface area contributed by atoms with E-state index in [9.17, 15) is 4.79 Å². The van der Waals surface area contributed by atoms with Gasteiger partial charge in [0.1, 0.15) is 0 Å². The first-order valence-corrected chi connectivity index (χ1v) is 10.6. The summed E-state index contributed by atoms with van der Waals surface area (Å²) >= 11 is 3.59. The average Bonchev–Trinajstić information content (AvgIpc) is 2.70. The van der Waals surface area contributed by atoms with Gasteiger partial charge in [-0.1, -0.05) is 52.3 Å². The number of para-hydroxylation sites is 1. The minimum absolute atomic E-state index is 0.0581. The van der Waals surface area contributed by atoms with Crippen LogP contribution >= 0.6 is 15.9 Å². The Balaban J connectivity index is 1.40. The summed E-state index contributed by atoms with van der Waals surface area (Å²) in [6, 6.07) is 22.6. The van der Waals surface area contributed by atoms with Gasteiger partial charge in [0.2, 0.25) is 0 Å². The summed E-state index contributed by atoms with van der Waals surface area (Å²) in [5, 5.41) is 3.00. The summed E-state index contributed by atoms with van der Waals surface area (Å²) in [6.45, 7) is 2.00. The molecule has 3 aromatic rings. The van der Waals surface area contributed by atoms with Crippen molar-refractivity contribution in [2.45, 2.75) is 32.6 Å². The lowest BCUT2D eigenvalue weighted by atomic mass is 9.81. The van der Waals surface area contributed by atoms with Crippen molar-refractivity contribution in [1.82, 2.24) is 0 Å². The molecule has 1 aliphatic rings. The van der Waals surface area contributed by atoms with E-state index in [1.165, 1.54) is 23.1 Å². The molecule has 1 amide bonds. The van der Waals surface area contributed by atoms with Gasteiger partial charge < -0.3 is 5.32 Å². The summed E-state index contributed by atoms with van der Waals surface area (Å²) in [5.41, 5.74) is 6.89. The number of aryl methyl sites for hydroxylation is 2. The van der Waals surface area contributed by atoms with Gasteiger partial charge in [0.15, 0.2) is 0 Å². The van der Waals surface area contributed by atoms with Crippen LogP contribution in [-0.2, 0) is 19.3 Å². The third-order valence-corrected chi connectivity index (χ3v) is 6.13. The van der Waals surface area contributed by atoms with Crippen molar-refractivity contribution >= 4 is 27.5 Å². The van der Waals surface area contributed by atoms with Gasteiger partial charge >= 0.3 is 0 Å². The standard InChI is InChI=1S/C25H24BrNO/c1-17-4-2-3-5-24(17)27-25(28)21-10-6-18(7-11-21)14-19-8-9-20-12-13-23(26)16-22(20)15-19/h2-7,10-13,16,19H,8-9,14-15H2,1H3,(H,27,28). The van der Waals surface area contributed by atoms with E-state index in [-0.39, 0.29) is 5.91 Å². The molecule has 2 nitrogen and oxygen atoms in total. The zero-order valence-electron chi connectivity index (χ0n) is 16.0. The predicted molar refractivity (Wildman–Crippen MR) is 119 cm³/mol. The molecule has 1 unspecified atom stereocenters. The molecule has 1 aliphatic carbocycles. The van der Waals surface area contributed by atoms with Gasteiger partial charge in [-0.2, -0.15) is 0 Å². The van der Waals surface area contributed by atoms with Gasteiger partial charge in [-0.25, -0.2) is 0 Å². The minimum Gasteiger partial charge on any atom is -0.322 e. The Labute approximate surface area is 175 Å². The molecule has 28 heavy (non-hydrogen) atoms. The number of anilines is 1. The molecule has 0 aromatic heterocycles. The third-order valence-electron chi connectivity index (χ3n) is 5.63. The predicted octanol–water partition coefficient (Wildman–Crippen LogP) is 6.36. The molecule has 3 heteroatoms. The van der Waals surface area contributed by atoms with Gasteiger partial charge in [-0.15, -0.1) is 0 Å². The second kappa shape index (κ2) is 8.32. The van der Waals surface area contributed by atoms with E-state index in [0.29, 0.717) is 11.5 Å². The number of halogens is 1. The summed E-state index contributed by atoms with van der Waals surface area (Å²) in [5.74, 6) is 0.603. The van der Waals surface area contributed by atoms with Crippen LogP contribution in [0, 0.1) is 12.8 Å². The minimum atomic E-state index is -0.0581. The number of amides is 1. The van der Waals surface area contributed by atoms with Crippen molar-refractivity contribution in [2.75, 3.05) is 5.32 Å². The average molecular weight is 434 g/mol. The highest BCUT2D eigenvalue weighted by atomic mass is 79.9. The first kappa shape index (κ1) is 18.9. The molecule has 0 fully saturated rings. The Bertz CT molecular complexity index is 994. The molecule has 1 N–H and O–H groups in total. The molecular formula is C25H24BrNO. The van der Waals surface area contributed by atoms with Gasteiger partial charge in [0.25, 0.3) is 5.91 Å². The summed E-state index contributed by atoms with van der Waals surface area (Å²) in [6.07, 6.45) is 4.57. The molecule has 0 aliphatic heterocycles. The lowest BCUT2D eigenvalue weighted by Crippen LogP contribution is -2.17. The maximum absolute atomic E-state index is 12.5. The van der Waals surface area contributed by atoms with Crippen LogP contribution < -0.4 is 5.32 Å². The van der Waals surface area contributed by atoms with E-state index >= 15 is 0 Å². The van der Waals surface area contributed by atoms with Crippen LogP contribution in [0.15, 0.2) is 71.2 Å². The van der Waals surface area contributed by atoms with E-state index < -0.39 is 0 Å². The van der Waals surface area contributed by atoms with Crippen LogP contribution in [0.25, 0.3) is 0 Å². The molecular weight excluding hydrogens is 410 g/mol. The van der Waals surface area contributed by atoms with E-state index in [1.54, 1.807) is 0 Å². The van der Waals surface area contributed by atoms with Crippen LogP contribution in [0.3, 0.4) is 0 Å². The fourth-order valence-electron chi connectivity index (χ4n) is 4.01. The highest BCUT2D eigenvalue weighted by Gasteiger charge is 2.19. The number of nitrogens with one attached hydrogen (secondary N) is 1.